The summed E-state index contributed by atoms with van der Waals surface area (Å²) in [5.41, 5.74) is 6.99. The van der Waals surface area contributed by atoms with E-state index in [-0.39, 0.29) is 5.91 Å². The molecule has 3 N–H and O–H groups in total. The van der Waals surface area contributed by atoms with E-state index in [0.717, 1.165) is 11.1 Å². The third kappa shape index (κ3) is 3.31. The quantitative estimate of drug-likeness (QED) is 0.805. The van der Waals surface area contributed by atoms with Crippen LogP contribution >= 0.6 is 0 Å². The standard InChI is InChI=1S/C14H22N2O2/c1-4-14(2,18-3)13(17)16-10-12-8-6-5-7-11(12)9-15/h5-8H,4,9-10,15H2,1-3H3,(H,16,17). The maximum Gasteiger partial charge on any atom is 0.252 e. The smallest absolute Gasteiger partial charge is 0.252 e. The van der Waals surface area contributed by atoms with Crippen molar-refractivity contribution in [1.29, 1.82) is 0 Å². The Balaban J connectivity index is 2.68. The van der Waals surface area contributed by atoms with Crippen LogP contribution in [0.1, 0.15) is 31.4 Å². The molecule has 4 nitrogen and oxygen atoms in total. The van der Waals surface area contributed by atoms with E-state index in [9.17, 15) is 4.79 Å². The lowest BCUT2D eigenvalue weighted by atomic mass is 10.0. The van der Waals surface area contributed by atoms with E-state index in [1.807, 2.05) is 31.2 Å². The van der Waals surface area contributed by atoms with Gasteiger partial charge in [0.1, 0.15) is 5.60 Å². The lowest BCUT2D eigenvalue weighted by Gasteiger charge is -2.25. The first-order valence-electron chi connectivity index (χ1n) is 6.17. The van der Waals surface area contributed by atoms with Crippen LogP contribution in [0.25, 0.3) is 0 Å². The van der Waals surface area contributed by atoms with Crippen molar-refractivity contribution in [2.24, 2.45) is 5.73 Å². The van der Waals surface area contributed by atoms with Crippen molar-refractivity contribution in [3.63, 3.8) is 0 Å². The molecule has 18 heavy (non-hydrogen) atoms. The number of amides is 1. The minimum Gasteiger partial charge on any atom is -0.369 e. The lowest BCUT2D eigenvalue weighted by Crippen LogP contribution is -2.45. The summed E-state index contributed by atoms with van der Waals surface area (Å²) in [5.74, 6) is -0.0978. The molecule has 0 aliphatic rings. The molecule has 1 aromatic rings. The highest BCUT2D eigenvalue weighted by atomic mass is 16.5. The average Bonchev–Trinajstić information content (AvgIpc) is 2.43. The molecule has 0 radical (unpaired) electrons. The Kier molecular flexibility index (Phi) is 5.31. The van der Waals surface area contributed by atoms with Crippen LogP contribution in [-0.4, -0.2) is 18.6 Å². The van der Waals surface area contributed by atoms with Crippen LogP contribution in [0.5, 0.6) is 0 Å². The van der Waals surface area contributed by atoms with Crippen LogP contribution in [0.2, 0.25) is 0 Å². The molecular weight excluding hydrogens is 228 g/mol. The molecule has 100 valence electrons. The molecule has 0 bridgehead atoms. The largest absolute Gasteiger partial charge is 0.369 e. The van der Waals surface area contributed by atoms with Gasteiger partial charge in [-0.25, -0.2) is 0 Å². The second kappa shape index (κ2) is 6.52. The number of hydrogen-bond donors (Lipinski definition) is 2. The summed E-state index contributed by atoms with van der Waals surface area (Å²) in [5, 5.41) is 2.90. The number of methoxy groups -OCH3 is 1. The maximum absolute atomic E-state index is 12.0. The lowest BCUT2D eigenvalue weighted by molar-refractivity contribution is -0.142. The van der Waals surface area contributed by atoms with E-state index in [0.29, 0.717) is 19.5 Å². The molecule has 0 spiro atoms. The molecular formula is C14H22N2O2. The molecule has 1 aromatic carbocycles. The van der Waals surface area contributed by atoms with Crippen molar-refractivity contribution < 1.29 is 9.53 Å². The van der Waals surface area contributed by atoms with Crippen LogP contribution in [0.3, 0.4) is 0 Å². The fourth-order valence-electron chi connectivity index (χ4n) is 1.69. The van der Waals surface area contributed by atoms with E-state index in [1.165, 1.54) is 0 Å². The molecule has 0 heterocycles. The van der Waals surface area contributed by atoms with Gasteiger partial charge in [0.25, 0.3) is 5.91 Å². The summed E-state index contributed by atoms with van der Waals surface area (Å²) in [7, 11) is 1.55. The molecule has 1 atom stereocenters. The minimum atomic E-state index is -0.766. The highest BCUT2D eigenvalue weighted by Crippen LogP contribution is 2.14. The SMILES string of the molecule is CCC(C)(OC)C(=O)NCc1ccccc1CN. The first-order chi connectivity index (χ1) is 8.57. The average molecular weight is 250 g/mol. The topological polar surface area (TPSA) is 64.3 Å². The molecule has 1 rings (SSSR count). The Morgan fingerprint density at radius 2 is 2.00 bits per heavy atom. The Morgan fingerprint density at radius 3 is 2.50 bits per heavy atom. The van der Waals surface area contributed by atoms with E-state index in [2.05, 4.69) is 5.32 Å². The number of benzene rings is 1. The number of rotatable bonds is 6. The summed E-state index contributed by atoms with van der Waals surface area (Å²) in [6.45, 7) is 4.67. The van der Waals surface area contributed by atoms with Gasteiger partial charge in [0.2, 0.25) is 0 Å². The molecule has 1 amide bonds. The molecule has 4 heteroatoms. The zero-order valence-electron chi connectivity index (χ0n) is 11.3. The predicted molar refractivity (Wildman–Crippen MR) is 71.9 cm³/mol. The summed E-state index contributed by atoms with van der Waals surface area (Å²) in [6, 6.07) is 7.82. The number of nitrogens with one attached hydrogen (secondary N) is 1. The second-order valence-corrected chi connectivity index (χ2v) is 4.44. The van der Waals surface area contributed by atoms with Gasteiger partial charge in [0.05, 0.1) is 0 Å². The highest BCUT2D eigenvalue weighted by molar-refractivity contribution is 5.84. The first-order valence-corrected chi connectivity index (χ1v) is 6.17. The highest BCUT2D eigenvalue weighted by Gasteiger charge is 2.30. The third-order valence-corrected chi connectivity index (χ3v) is 3.38. The fourth-order valence-corrected chi connectivity index (χ4v) is 1.69. The van der Waals surface area contributed by atoms with Crippen LogP contribution in [0, 0.1) is 0 Å². The minimum absolute atomic E-state index is 0.0978. The Labute approximate surface area is 109 Å². The number of carbonyl (C=O) groups excluding carboxylic acids is 1. The molecule has 0 aromatic heterocycles. The Hall–Kier alpha value is -1.39. The Morgan fingerprint density at radius 1 is 1.39 bits per heavy atom. The molecule has 1 unspecified atom stereocenters. The number of carbonyl (C=O) groups is 1. The van der Waals surface area contributed by atoms with E-state index >= 15 is 0 Å². The molecule has 0 aliphatic heterocycles. The van der Waals surface area contributed by atoms with Gasteiger partial charge < -0.3 is 15.8 Å². The van der Waals surface area contributed by atoms with Crippen molar-refractivity contribution in [3.8, 4) is 0 Å². The molecule has 0 fully saturated rings. The van der Waals surface area contributed by atoms with Gasteiger partial charge in [-0.3, -0.25) is 4.79 Å². The summed E-state index contributed by atoms with van der Waals surface area (Å²) in [4.78, 5) is 12.0. The number of hydrogen-bond acceptors (Lipinski definition) is 3. The first kappa shape index (κ1) is 14.7. The van der Waals surface area contributed by atoms with Gasteiger partial charge >= 0.3 is 0 Å². The molecule has 0 saturated heterocycles. The predicted octanol–water partition coefficient (Wildman–Crippen LogP) is 1.58. The van der Waals surface area contributed by atoms with Crippen LogP contribution in [0.15, 0.2) is 24.3 Å². The fraction of sp³-hybridized carbons (Fsp3) is 0.500. The normalized spacial score (nSPS) is 14.0. The van der Waals surface area contributed by atoms with Crippen molar-refractivity contribution in [2.45, 2.75) is 39.0 Å². The monoisotopic (exact) mass is 250 g/mol. The summed E-state index contributed by atoms with van der Waals surface area (Å²) in [6.07, 6.45) is 0.633. The molecule has 0 saturated carbocycles. The van der Waals surface area contributed by atoms with Gasteiger partial charge in [0.15, 0.2) is 0 Å². The van der Waals surface area contributed by atoms with Gasteiger partial charge in [-0.15, -0.1) is 0 Å². The van der Waals surface area contributed by atoms with Crippen molar-refractivity contribution in [1.82, 2.24) is 5.32 Å². The number of nitrogens with two attached hydrogens (primary N) is 1. The van der Waals surface area contributed by atoms with E-state index in [4.69, 9.17) is 10.5 Å². The zero-order chi connectivity index (χ0) is 13.6. The van der Waals surface area contributed by atoms with Crippen molar-refractivity contribution >= 4 is 5.91 Å². The summed E-state index contributed by atoms with van der Waals surface area (Å²) >= 11 is 0. The molecule has 0 aliphatic carbocycles. The third-order valence-electron chi connectivity index (χ3n) is 3.38. The van der Waals surface area contributed by atoms with E-state index in [1.54, 1.807) is 14.0 Å². The van der Waals surface area contributed by atoms with Gasteiger partial charge in [0, 0.05) is 20.2 Å². The van der Waals surface area contributed by atoms with E-state index < -0.39 is 5.60 Å². The maximum atomic E-state index is 12.0. The van der Waals surface area contributed by atoms with Crippen molar-refractivity contribution in [3.05, 3.63) is 35.4 Å². The van der Waals surface area contributed by atoms with Gasteiger partial charge in [-0.05, 0) is 24.5 Å². The zero-order valence-corrected chi connectivity index (χ0v) is 11.3. The van der Waals surface area contributed by atoms with Crippen LogP contribution in [0.4, 0.5) is 0 Å². The second-order valence-electron chi connectivity index (χ2n) is 4.44. The van der Waals surface area contributed by atoms with Gasteiger partial charge in [-0.2, -0.15) is 0 Å². The van der Waals surface area contributed by atoms with Gasteiger partial charge in [-0.1, -0.05) is 31.2 Å². The van der Waals surface area contributed by atoms with Crippen LogP contribution in [-0.2, 0) is 22.6 Å². The van der Waals surface area contributed by atoms with Crippen LogP contribution < -0.4 is 11.1 Å². The Bertz CT molecular complexity index is 401. The number of ether oxygens (including phenoxy) is 1. The summed E-state index contributed by atoms with van der Waals surface area (Å²) < 4.78 is 5.26. The van der Waals surface area contributed by atoms with Crippen molar-refractivity contribution in [2.75, 3.05) is 7.11 Å².